The molecule has 3 nitrogen and oxygen atoms in total. The maximum Gasteiger partial charge on any atom is 0.271 e. The molecule has 0 spiro atoms. The van der Waals surface area contributed by atoms with E-state index in [-0.39, 0.29) is 0 Å². The maximum atomic E-state index is 11.9. The van der Waals surface area contributed by atoms with Crippen LogP contribution in [0.1, 0.15) is 17.3 Å². The first-order chi connectivity index (χ1) is 7.50. The quantitative estimate of drug-likeness (QED) is 0.573. The summed E-state index contributed by atoms with van der Waals surface area (Å²) >= 11 is 11.6. The van der Waals surface area contributed by atoms with Crippen molar-refractivity contribution in [3.05, 3.63) is 29.8 Å². The number of hydrogen-bond donors (Lipinski definition) is 0. The van der Waals surface area contributed by atoms with Crippen LogP contribution in [0.5, 0.6) is 0 Å². The van der Waals surface area contributed by atoms with Gasteiger partial charge < -0.3 is 4.90 Å². The smallest absolute Gasteiger partial charge is 0.271 e. The summed E-state index contributed by atoms with van der Waals surface area (Å²) in [6.45, 7) is 2.22. The molecule has 1 amide bonds. The topological polar surface area (TPSA) is 37.4 Å². The second-order valence-electron chi connectivity index (χ2n) is 3.47. The lowest BCUT2D eigenvalue weighted by Gasteiger charge is -2.33. The highest BCUT2D eigenvalue weighted by Gasteiger charge is 2.50. The number of amides is 1. The first kappa shape index (κ1) is 11.4. The fourth-order valence-electron chi connectivity index (χ4n) is 1.76. The molecule has 0 aliphatic carbocycles. The third-order valence-corrected chi connectivity index (χ3v) is 3.22. The number of para-hydroxylation sites is 1. The molecule has 0 saturated carbocycles. The predicted octanol–water partition coefficient (Wildman–Crippen LogP) is 2.41. The maximum absolute atomic E-state index is 11.9. The molecular formula is C11H9Cl2NO2. The summed E-state index contributed by atoms with van der Waals surface area (Å²) in [4.78, 5) is 25.2. The van der Waals surface area contributed by atoms with Gasteiger partial charge >= 0.3 is 0 Å². The minimum Gasteiger partial charge on any atom is -0.309 e. The second kappa shape index (κ2) is 3.75. The van der Waals surface area contributed by atoms with E-state index in [9.17, 15) is 9.59 Å². The number of carbonyl (C=O) groups is 2. The third kappa shape index (κ3) is 1.43. The Labute approximate surface area is 103 Å². The average molecular weight is 258 g/mol. The molecule has 16 heavy (non-hydrogen) atoms. The van der Waals surface area contributed by atoms with Crippen LogP contribution in [0.2, 0.25) is 0 Å². The first-order valence-corrected chi connectivity index (χ1v) is 5.59. The molecule has 1 aliphatic heterocycles. The molecule has 0 radical (unpaired) electrons. The van der Waals surface area contributed by atoms with Crippen LogP contribution in [0.4, 0.5) is 5.69 Å². The number of benzene rings is 1. The summed E-state index contributed by atoms with van der Waals surface area (Å²) in [6, 6.07) is 6.80. The molecule has 0 unspecified atom stereocenters. The fourth-order valence-corrected chi connectivity index (χ4v) is 2.17. The van der Waals surface area contributed by atoms with E-state index >= 15 is 0 Å². The normalized spacial score (nSPS) is 18.6. The van der Waals surface area contributed by atoms with Crippen LogP contribution in [0.3, 0.4) is 0 Å². The van der Waals surface area contributed by atoms with Gasteiger partial charge in [0, 0.05) is 12.1 Å². The van der Waals surface area contributed by atoms with Crippen molar-refractivity contribution in [3.8, 4) is 0 Å². The van der Waals surface area contributed by atoms with Crippen molar-refractivity contribution >= 4 is 40.6 Å². The van der Waals surface area contributed by atoms with E-state index in [1.54, 1.807) is 31.2 Å². The molecule has 2 rings (SSSR count). The lowest BCUT2D eigenvalue weighted by atomic mass is 9.99. The van der Waals surface area contributed by atoms with Crippen molar-refractivity contribution in [3.63, 3.8) is 0 Å². The van der Waals surface area contributed by atoms with Gasteiger partial charge in [0.1, 0.15) is 0 Å². The van der Waals surface area contributed by atoms with Gasteiger partial charge in [-0.2, -0.15) is 0 Å². The summed E-state index contributed by atoms with van der Waals surface area (Å²) in [5, 5.41) is 0. The molecule has 0 atom stereocenters. The number of anilines is 1. The van der Waals surface area contributed by atoms with Gasteiger partial charge in [-0.15, -0.1) is 0 Å². The van der Waals surface area contributed by atoms with Gasteiger partial charge in [-0.1, -0.05) is 35.3 Å². The van der Waals surface area contributed by atoms with Crippen LogP contribution in [-0.2, 0) is 4.79 Å². The molecule has 1 heterocycles. The Morgan fingerprint density at radius 1 is 1.25 bits per heavy atom. The number of Topliss-reactive ketones (excluding diaryl/α,β-unsaturated/α-hetero) is 1. The molecular weight excluding hydrogens is 249 g/mol. The van der Waals surface area contributed by atoms with Gasteiger partial charge in [-0.25, -0.2) is 0 Å². The van der Waals surface area contributed by atoms with E-state index in [0.29, 0.717) is 17.8 Å². The van der Waals surface area contributed by atoms with Crippen LogP contribution >= 0.6 is 23.2 Å². The average Bonchev–Trinajstić information content (AvgIpc) is 2.28. The number of hydrogen-bond acceptors (Lipinski definition) is 2. The number of ketones is 1. The zero-order valence-corrected chi connectivity index (χ0v) is 10.0. The SMILES string of the molecule is CCN1C(=O)C(Cl)(Cl)C(=O)c2ccccc21. The Hall–Kier alpha value is -1.06. The Morgan fingerprint density at radius 3 is 2.50 bits per heavy atom. The van der Waals surface area contributed by atoms with E-state index in [1.165, 1.54) is 4.90 Å². The third-order valence-electron chi connectivity index (χ3n) is 2.55. The number of halogens is 2. The Bertz CT molecular complexity index is 471. The van der Waals surface area contributed by atoms with Crippen molar-refractivity contribution in [1.82, 2.24) is 0 Å². The predicted molar refractivity (Wildman–Crippen MR) is 63.2 cm³/mol. The van der Waals surface area contributed by atoms with Crippen molar-refractivity contribution in [2.75, 3.05) is 11.4 Å². The molecule has 0 saturated heterocycles. The number of carbonyl (C=O) groups excluding carboxylic acids is 2. The molecule has 5 heteroatoms. The van der Waals surface area contributed by atoms with E-state index in [1.807, 2.05) is 0 Å². The van der Waals surface area contributed by atoms with Crippen LogP contribution < -0.4 is 4.90 Å². The summed E-state index contributed by atoms with van der Waals surface area (Å²) in [6.07, 6.45) is 0. The van der Waals surface area contributed by atoms with E-state index in [2.05, 4.69) is 0 Å². The first-order valence-electron chi connectivity index (χ1n) is 4.83. The van der Waals surface area contributed by atoms with E-state index in [4.69, 9.17) is 23.2 Å². The Morgan fingerprint density at radius 2 is 1.88 bits per heavy atom. The van der Waals surface area contributed by atoms with Crippen LogP contribution in [0.15, 0.2) is 24.3 Å². The number of alkyl halides is 2. The molecule has 84 valence electrons. The van der Waals surface area contributed by atoms with Crippen molar-refractivity contribution in [1.29, 1.82) is 0 Å². The van der Waals surface area contributed by atoms with Gasteiger partial charge in [-0.3, -0.25) is 9.59 Å². The van der Waals surface area contributed by atoms with E-state index in [0.717, 1.165) is 0 Å². The number of fused-ring (bicyclic) bond motifs is 1. The lowest BCUT2D eigenvalue weighted by Crippen LogP contribution is -2.51. The summed E-state index contributed by atoms with van der Waals surface area (Å²) in [7, 11) is 0. The highest BCUT2D eigenvalue weighted by molar-refractivity contribution is 6.71. The van der Waals surface area contributed by atoms with Gasteiger partial charge in [0.2, 0.25) is 5.78 Å². The monoisotopic (exact) mass is 257 g/mol. The minimum absolute atomic E-state index is 0.383. The number of rotatable bonds is 1. The summed E-state index contributed by atoms with van der Waals surface area (Å²) < 4.78 is -2.00. The number of nitrogens with zero attached hydrogens (tertiary/aromatic N) is 1. The molecule has 0 N–H and O–H groups in total. The van der Waals surface area contributed by atoms with Gasteiger partial charge in [0.05, 0.1) is 5.69 Å². The van der Waals surface area contributed by atoms with Gasteiger partial charge in [0.25, 0.3) is 10.2 Å². The standard InChI is InChI=1S/C11H9Cl2NO2/c1-2-14-8-6-4-3-5-7(8)9(15)11(12,13)10(14)16/h3-6H,2H2,1H3. The fraction of sp³-hybridized carbons (Fsp3) is 0.273. The zero-order valence-electron chi connectivity index (χ0n) is 8.54. The Kier molecular flexibility index (Phi) is 2.68. The summed E-state index contributed by atoms with van der Waals surface area (Å²) in [5.41, 5.74) is 0.950. The van der Waals surface area contributed by atoms with Crippen LogP contribution in [0, 0.1) is 0 Å². The minimum atomic E-state index is -2.00. The second-order valence-corrected chi connectivity index (χ2v) is 4.80. The molecule has 1 aromatic rings. The molecule has 1 aromatic carbocycles. The van der Waals surface area contributed by atoms with Crippen LogP contribution in [-0.4, -0.2) is 22.6 Å². The summed E-state index contributed by atoms with van der Waals surface area (Å²) in [5.74, 6) is -1.14. The highest BCUT2D eigenvalue weighted by Crippen LogP contribution is 2.38. The molecule has 0 bridgehead atoms. The van der Waals surface area contributed by atoms with E-state index < -0.39 is 16.0 Å². The van der Waals surface area contributed by atoms with Crippen molar-refractivity contribution in [2.24, 2.45) is 0 Å². The zero-order chi connectivity index (χ0) is 11.9. The van der Waals surface area contributed by atoms with Gasteiger partial charge in [0.15, 0.2) is 0 Å². The van der Waals surface area contributed by atoms with Crippen molar-refractivity contribution < 1.29 is 9.59 Å². The highest BCUT2D eigenvalue weighted by atomic mass is 35.5. The van der Waals surface area contributed by atoms with Crippen molar-refractivity contribution in [2.45, 2.75) is 11.3 Å². The van der Waals surface area contributed by atoms with Crippen LogP contribution in [0.25, 0.3) is 0 Å². The largest absolute Gasteiger partial charge is 0.309 e. The molecule has 0 aromatic heterocycles. The molecule has 1 aliphatic rings. The molecule has 0 fully saturated rings. The van der Waals surface area contributed by atoms with Gasteiger partial charge in [-0.05, 0) is 19.1 Å². The Balaban J connectivity index is 2.66. The lowest BCUT2D eigenvalue weighted by molar-refractivity contribution is -0.118.